The van der Waals surface area contributed by atoms with Crippen LogP contribution in [0.15, 0.2) is 18.2 Å². The largest absolute Gasteiger partial charge is 0.386 e. The molecule has 4 heteroatoms. The lowest BCUT2D eigenvalue weighted by Crippen LogP contribution is -2.26. The van der Waals surface area contributed by atoms with E-state index >= 15 is 0 Å². The summed E-state index contributed by atoms with van der Waals surface area (Å²) in [7, 11) is 5.70. The standard InChI is InChI=1S/C10H11BClNO/c1-10(2,14)7-5-6(9(12)13)3-4-8(7)11/h3-5,13-14H,1-2H3. The van der Waals surface area contributed by atoms with E-state index in [9.17, 15) is 5.11 Å². The molecule has 1 aromatic rings. The number of aliphatic hydroxyl groups is 1. The molecular formula is C10H11BClNO. The first-order chi connectivity index (χ1) is 6.32. The van der Waals surface area contributed by atoms with Gasteiger partial charge in [0.15, 0.2) is 0 Å². The topological polar surface area (TPSA) is 44.1 Å². The quantitative estimate of drug-likeness (QED) is 0.557. The van der Waals surface area contributed by atoms with E-state index < -0.39 is 5.60 Å². The Hall–Kier alpha value is -0.795. The van der Waals surface area contributed by atoms with Gasteiger partial charge < -0.3 is 5.11 Å². The molecule has 72 valence electrons. The van der Waals surface area contributed by atoms with Crippen molar-refractivity contribution in [2.24, 2.45) is 0 Å². The van der Waals surface area contributed by atoms with Gasteiger partial charge in [0.1, 0.15) is 13.0 Å². The van der Waals surface area contributed by atoms with Crippen molar-refractivity contribution < 1.29 is 5.11 Å². The molecule has 2 N–H and O–H groups in total. The molecule has 0 aliphatic rings. The van der Waals surface area contributed by atoms with Gasteiger partial charge in [-0.05, 0) is 25.5 Å². The van der Waals surface area contributed by atoms with Crippen LogP contribution < -0.4 is 5.46 Å². The Bertz CT molecular complexity index is 371. The first-order valence-electron chi connectivity index (χ1n) is 4.19. The Morgan fingerprint density at radius 3 is 2.50 bits per heavy atom. The number of halogens is 1. The van der Waals surface area contributed by atoms with Crippen molar-refractivity contribution in [2.75, 3.05) is 0 Å². The normalized spacial score (nSPS) is 11.4. The smallest absolute Gasteiger partial charge is 0.128 e. The fraction of sp³-hybridized carbons (Fsp3) is 0.300. The number of rotatable bonds is 2. The van der Waals surface area contributed by atoms with Gasteiger partial charge in [-0.1, -0.05) is 29.2 Å². The minimum atomic E-state index is -1.02. The molecule has 1 rings (SSSR count). The molecule has 0 atom stereocenters. The van der Waals surface area contributed by atoms with E-state index in [0.29, 0.717) is 16.6 Å². The molecule has 0 heterocycles. The maximum atomic E-state index is 9.78. The molecule has 14 heavy (non-hydrogen) atoms. The molecule has 0 aliphatic heterocycles. The molecule has 1 aromatic carbocycles. The summed E-state index contributed by atoms with van der Waals surface area (Å²) in [6.07, 6.45) is 0. The van der Waals surface area contributed by atoms with Crippen molar-refractivity contribution in [1.82, 2.24) is 0 Å². The van der Waals surface area contributed by atoms with Gasteiger partial charge in [0.2, 0.25) is 0 Å². The second-order valence-corrected chi connectivity index (χ2v) is 4.05. The molecule has 0 bridgehead atoms. The van der Waals surface area contributed by atoms with E-state index in [2.05, 4.69) is 0 Å². The molecule has 0 saturated heterocycles. The molecule has 0 fully saturated rings. The Labute approximate surface area is 89.8 Å². The summed E-state index contributed by atoms with van der Waals surface area (Å²) < 4.78 is 0. The number of nitrogens with one attached hydrogen (secondary N) is 1. The summed E-state index contributed by atoms with van der Waals surface area (Å²) in [6, 6.07) is 4.92. The summed E-state index contributed by atoms with van der Waals surface area (Å²) >= 11 is 5.54. The highest BCUT2D eigenvalue weighted by atomic mass is 35.5. The van der Waals surface area contributed by atoms with Crippen LogP contribution in [0.1, 0.15) is 25.0 Å². The SMILES string of the molecule is [B]c1ccc(C(=N)Cl)cc1C(C)(C)O. The average molecular weight is 207 g/mol. The molecule has 0 spiro atoms. The molecular weight excluding hydrogens is 196 g/mol. The van der Waals surface area contributed by atoms with Crippen LogP contribution in [0, 0.1) is 5.41 Å². The predicted octanol–water partition coefficient (Wildman–Crippen LogP) is 1.27. The zero-order chi connectivity index (χ0) is 10.9. The Morgan fingerprint density at radius 1 is 1.50 bits per heavy atom. The summed E-state index contributed by atoms with van der Waals surface area (Å²) in [5.74, 6) is 0. The van der Waals surface area contributed by atoms with Crippen LogP contribution in [0.5, 0.6) is 0 Å². The second kappa shape index (κ2) is 3.75. The second-order valence-electron chi connectivity index (χ2n) is 3.68. The highest BCUT2D eigenvalue weighted by molar-refractivity contribution is 6.68. The number of hydrogen-bond acceptors (Lipinski definition) is 2. The first kappa shape index (κ1) is 11.3. The van der Waals surface area contributed by atoms with Crippen molar-refractivity contribution in [3.05, 3.63) is 29.3 Å². The van der Waals surface area contributed by atoms with Crippen LogP contribution in [0.4, 0.5) is 0 Å². The fourth-order valence-corrected chi connectivity index (χ4v) is 1.34. The van der Waals surface area contributed by atoms with Crippen LogP contribution in [-0.4, -0.2) is 18.1 Å². The minimum Gasteiger partial charge on any atom is -0.386 e. The van der Waals surface area contributed by atoms with Crippen molar-refractivity contribution in [3.63, 3.8) is 0 Å². The van der Waals surface area contributed by atoms with Gasteiger partial charge in [0.05, 0.1) is 5.60 Å². The Morgan fingerprint density at radius 2 is 2.07 bits per heavy atom. The zero-order valence-corrected chi connectivity index (χ0v) is 8.89. The van der Waals surface area contributed by atoms with Gasteiger partial charge in [-0.3, -0.25) is 5.41 Å². The molecule has 0 aromatic heterocycles. The van der Waals surface area contributed by atoms with Crippen LogP contribution in [-0.2, 0) is 5.60 Å². The molecule has 0 saturated carbocycles. The predicted molar refractivity (Wildman–Crippen MR) is 59.8 cm³/mol. The van der Waals surface area contributed by atoms with E-state index in [1.165, 1.54) is 0 Å². The van der Waals surface area contributed by atoms with Gasteiger partial charge >= 0.3 is 0 Å². The van der Waals surface area contributed by atoms with Crippen LogP contribution in [0.25, 0.3) is 0 Å². The van der Waals surface area contributed by atoms with Gasteiger partial charge in [0, 0.05) is 5.56 Å². The third kappa shape index (κ3) is 2.37. The number of hydrogen-bond donors (Lipinski definition) is 2. The van der Waals surface area contributed by atoms with Crippen LogP contribution in [0.3, 0.4) is 0 Å². The van der Waals surface area contributed by atoms with E-state index in [-0.39, 0.29) is 5.17 Å². The fourth-order valence-electron chi connectivity index (χ4n) is 1.22. The average Bonchev–Trinajstić information content (AvgIpc) is 2.02. The highest BCUT2D eigenvalue weighted by Crippen LogP contribution is 2.19. The van der Waals surface area contributed by atoms with E-state index in [4.69, 9.17) is 24.9 Å². The molecule has 2 radical (unpaired) electrons. The number of benzene rings is 1. The maximum Gasteiger partial charge on any atom is 0.128 e. The van der Waals surface area contributed by atoms with Gasteiger partial charge in [-0.2, -0.15) is 0 Å². The van der Waals surface area contributed by atoms with Gasteiger partial charge in [-0.25, -0.2) is 0 Å². The third-order valence-electron chi connectivity index (χ3n) is 1.97. The van der Waals surface area contributed by atoms with E-state index in [0.717, 1.165) is 0 Å². The lowest BCUT2D eigenvalue weighted by atomic mass is 9.82. The van der Waals surface area contributed by atoms with Crippen molar-refractivity contribution >= 4 is 30.1 Å². The van der Waals surface area contributed by atoms with Gasteiger partial charge in [0.25, 0.3) is 0 Å². The van der Waals surface area contributed by atoms with E-state index in [1.807, 2.05) is 0 Å². The Kier molecular flexibility index (Phi) is 3.02. The summed E-state index contributed by atoms with van der Waals surface area (Å²) in [5.41, 5.74) is 0.615. The minimum absolute atomic E-state index is 0.0597. The molecule has 2 nitrogen and oxygen atoms in total. The molecule has 0 amide bonds. The third-order valence-corrected chi connectivity index (χ3v) is 2.18. The highest BCUT2D eigenvalue weighted by Gasteiger charge is 2.18. The zero-order valence-electron chi connectivity index (χ0n) is 8.13. The van der Waals surface area contributed by atoms with Crippen molar-refractivity contribution in [1.29, 1.82) is 5.41 Å². The van der Waals surface area contributed by atoms with Crippen molar-refractivity contribution in [2.45, 2.75) is 19.4 Å². The summed E-state index contributed by atoms with van der Waals surface area (Å²) in [5, 5.41) is 17.0. The van der Waals surface area contributed by atoms with Gasteiger partial charge in [-0.15, -0.1) is 0 Å². The summed E-state index contributed by atoms with van der Waals surface area (Å²) in [4.78, 5) is 0. The lowest BCUT2D eigenvalue weighted by molar-refractivity contribution is 0.0797. The summed E-state index contributed by atoms with van der Waals surface area (Å²) in [6.45, 7) is 3.28. The Balaban J connectivity index is 3.29. The lowest BCUT2D eigenvalue weighted by Gasteiger charge is -2.21. The monoisotopic (exact) mass is 207 g/mol. The van der Waals surface area contributed by atoms with E-state index in [1.54, 1.807) is 32.0 Å². The molecule has 0 unspecified atom stereocenters. The maximum absolute atomic E-state index is 9.78. The van der Waals surface area contributed by atoms with Crippen molar-refractivity contribution in [3.8, 4) is 0 Å². The van der Waals surface area contributed by atoms with Crippen LogP contribution in [0.2, 0.25) is 0 Å². The molecule has 0 aliphatic carbocycles. The van der Waals surface area contributed by atoms with Crippen LogP contribution >= 0.6 is 11.6 Å². The first-order valence-corrected chi connectivity index (χ1v) is 4.57.